The Morgan fingerprint density at radius 3 is 2.39 bits per heavy atom. The lowest BCUT2D eigenvalue weighted by Crippen LogP contribution is -2.45. The van der Waals surface area contributed by atoms with Gasteiger partial charge in [-0.2, -0.15) is 5.11 Å². The highest BCUT2D eigenvalue weighted by atomic mass is 16.2. The topological polar surface area (TPSA) is 85.7 Å². The number of benzene rings is 2. The van der Waals surface area contributed by atoms with E-state index in [-0.39, 0.29) is 12.5 Å². The van der Waals surface area contributed by atoms with Gasteiger partial charge in [0, 0.05) is 12.7 Å². The highest BCUT2D eigenvalue weighted by Gasteiger charge is 2.55. The van der Waals surface area contributed by atoms with Crippen LogP contribution in [0, 0.1) is 6.92 Å². The lowest BCUT2D eigenvalue weighted by atomic mass is 10.1. The monoisotopic (exact) mass is 377 g/mol. The average Bonchev–Trinajstić information content (AvgIpc) is 3.23. The van der Waals surface area contributed by atoms with Gasteiger partial charge in [0.25, 0.3) is 11.8 Å². The molecule has 2 atom stereocenters. The molecule has 0 N–H and O–H groups in total. The summed E-state index contributed by atoms with van der Waals surface area (Å²) in [6.07, 6.45) is 0. The van der Waals surface area contributed by atoms with Crippen LogP contribution < -0.4 is 9.80 Å². The number of carbonyl (C=O) groups excluding carboxylic acids is 3. The van der Waals surface area contributed by atoms with E-state index in [9.17, 15) is 14.4 Å². The van der Waals surface area contributed by atoms with E-state index in [2.05, 4.69) is 10.3 Å². The molecule has 2 heterocycles. The maximum atomic E-state index is 12.9. The van der Waals surface area contributed by atoms with Gasteiger partial charge in [-0.25, -0.2) is 4.90 Å². The van der Waals surface area contributed by atoms with Crippen molar-refractivity contribution in [3.05, 3.63) is 60.2 Å². The van der Waals surface area contributed by atoms with Crippen LogP contribution in [0.1, 0.15) is 5.56 Å². The van der Waals surface area contributed by atoms with Crippen LogP contribution in [0.2, 0.25) is 0 Å². The smallest absolute Gasteiger partial charge is 0.263 e. The summed E-state index contributed by atoms with van der Waals surface area (Å²) < 4.78 is 0. The molecule has 0 radical (unpaired) electrons. The number of carbonyl (C=O) groups is 3. The highest BCUT2D eigenvalue weighted by Crippen LogP contribution is 2.32. The maximum Gasteiger partial charge on any atom is 0.263 e. The number of anilines is 2. The second-order valence-corrected chi connectivity index (χ2v) is 6.83. The number of hydrogen-bond acceptors (Lipinski definition) is 6. The number of aryl methyl sites for hydroxylation is 1. The number of hydrogen-bond donors (Lipinski definition) is 0. The van der Waals surface area contributed by atoms with Crippen molar-refractivity contribution in [3.8, 4) is 0 Å². The molecule has 0 unspecified atom stereocenters. The summed E-state index contributed by atoms with van der Waals surface area (Å²) in [7, 11) is 1.66. The van der Waals surface area contributed by atoms with Gasteiger partial charge in [-0.3, -0.25) is 19.4 Å². The maximum absolute atomic E-state index is 12.9. The number of nitrogens with zero attached hydrogens (tertiary/aromatic N) is 5. The van der Waals surface area contributed by atoms with Gasteiger partial charge in [-0.15, -0.1) is 0 Å². The van der Waals surface area contributed by atoms with Crippen molar-refractivity contribution in [2.24, 2.45) is 10.3 Å². The highest BCUT2D eigenvalue weighted by molar-refractivity contribution is 6.25. The molecule has 0 aromatic heterocycles. The van der Waals surface area contributed by atoms with Crippen LogP contribution in [0.3, 0.4) is 0 Å². The van der Waals surface area contributed by atoms with E-state index in [4.69, 9.17) is 0 Å². The molecule has 142 valence electrons. The SMILES string of the molecule is Cc1ccc(N2C(=O)[C@H]3N=NN(CC(=O)N(C)c4ccccc4)[C@H]3C2=O)cc1. The first-order chi connectivity index (χ1) is 13.5. The minimum absolute atomic E-state index is 0.142. The van der Waals surface area contributed by atoms with Crippen LogP contribution in [-0.4, -0.2) is 48.4 Å². The third-order valence-corrected chi connectivity index (χ3v) is 4.96. The first-order valence-corrected chi connectivity index (χ1v) is 8.91. The average molecular weight is 377 g/mol. The molecule has 8 nitrogen and oxygen atoms in total. The fraction of sp³-hybridized carbons (Fsp3) is 0.250. The van der Waals surface area contributed by atoms with E-state index < -0.39 is 23.9 Å². The Kier molecular flexibility index (Phi) is 4.38. The molecule has 2 aromatic rings. The quantitative estimate of drug-likeness (QED) is 0.762. The number of imide groups is 1. The van der Waals surface area contributed by atoms with E-state index in [1.54, 1.807) is 19.2 Å². The molecule has 2 aliphatic heterocycles. The summed E-state index contributed by atoms with van der Waals surface area (Å²) in [5.41, 5.74) is 2.26. The molecule has 28 heavy (non-hydrogen) atoms. The number of para-hydroxylation sites is 1. The molecule has 0 spiro atoms. The zero-order valence-electron chi connectivity index (χ0n) is 15.5. The van der Waals surface area contributed by atoms with Gasteiger partial charge in [0.05, 0.1) is 5.69 Å². The van der Waals surface area contributed by atoms with Gasteiger partial charge in [-0.1, -0.05) is 41.1 Å². The van der Waals surface area contributed by atoms with Crippen LogP contribution >= 0.6 is 0 Å². The zero-order chi connectivity index (χ0) is 19.8. The number of amides is 3. The molecule has 1 saturated heterocycles. The van der Waals surface area contributed by atoms with Crippen molar-refractivity contribution in [2.75, 3.05) is 23.4 Å². The number of rotatable bonds is 4. The fourth-order valence-corrected chi connectivity index (χ4v) is 3.34. The van der Waals surface area contributed by atoms with Gasteiger partial charge in [0.2, 0.25) is 5.91 Å². The molecule has 4 rings (SSSR count). The Balaban J connectivity index is 1.52. The Labute approximate surface area is 162 Å². The number of fused-ring (bicyclic) bond motifs is 1. The third-order valence-electron chi connectivity index (χ3n) is 4.96. The third kappa shape index (κ3) is 2.92. The molecule has 2 aliphatic rings. The Hall–Kier alpha value is -3.55. The predicted octanol–water partition coefficient (Wildman–Crippen LogP) is 1.95. The summed E-state index contributed by atoms with van der Waals surface area (Å²) in [6.45, 7) is 1.79. The standard InChI is InChI=1S/C20H19N5O3/c1-13-8-10-15(11-9-13)25-19(27)17-18(20(25)28)24(22-21-17)12-16(26)23(2)14-6-4-3-5-7-14/h3-11,17-18H,12H2,1-2H3/t17-,18+/m0/s1. The predicted molar refractivity (Wildman–Crippen MR) is 103 cm³/mol. The Morgan fingerprint density at radius 2 is 1.71 bits per heavy atom. The summed E-state index contributed by atoms with van der Waals surface area (Å²) in [5.74, 6) is -1.09. The van der Waals surface area contributed by atoms with Crippen molar-refractivity contribution < 1.29 is 14.4 Å². The fourth-order valence-electron chi connectivity index (χ4n) is 3.34. The van der Waals surface area contributed by atoms with Crippen molar-refractivity contribution in [2.45, 2.75) is 19.0 Å². The molecule has 0 bridgehead atoms. The second kappa shape index (κ2) is 6.88. The van der Waals surface area contributed by atoms with E-state index in [0.717, 1.165) is 16.2 Å². The van der Waals surface area contributed by atoms with Crippen molar-refractivity contribution in [3.63, 3.8) is 0 Å². The first-order valence-electron chi connectivity index (χ1n) is 8.91. The molecule has 2 aromatic carbocycles. The molecule has 0 saturated carbocycles. The van der Waals surface area contributed by atoms with Crippen molar-refractivity contribution in [1.29, 1.82) is 0 Å². The van der Waals surface area contributed by atoms with Crippen LogP contribution in [0.4, 0.5) is 11.4 Å². The van der Waals surface area contributed by atoms with Crippen molar-refractivity contribution >= 4 is 29.1 Å². The largest absolute Gasteiger partial charge is 0.314 e. The molecule has 3 amide bonds. The molecular weight excluding hydrogens is 358 g/mol. The molecule has 8 heteroatoms. The number of likely N-dealkylation sites (N-methyl/N-ethyl adjacent to an activating group) is 1. The Bertz CT molecular complexity index is 958. The normalized spacial score (nSPS) is 20.6. The van der Waals surface area contributed by atoms with Gasteiger partial charge >= 0.3 is 0 Å². The van der Waals surface area contributed by atoms with Gasteiger partial charge in [0.1, 0.15) is 6.54 Å². The van der Waals surface area contributed by atoms with Crippen LogP contribution in [-0.2, 0) is 14.4 Å². The van der Waals surface area contributed by atoms with Gasteiger partial charge in [-0.05, 0) is 31.2 Å². The lowest BCUT2D eigenvalue weighted by molar-refractivity contribution is -0.124. The van der Waals surface area contributed by atoms with Crippen LogP contribution in [0.15, 0.2) is 64.9 Å². The Morgan fingerprint density at radius 1 is 1.04 bits per heavy atom. The summed E-state index contributed by atoms with van der Waals surface area (Å²) in [6, 6.07) is 14.5. The van der Waals surface area contributed by atoms with E-state index >= 15 is 0 Å². The van der Waals surface area contributed by atoms with E-state index in [0.29, 0.717) is 5.69 Å². The summed E-state index contributed by atoms with van der Waals surface area (Å²) in [4.78, 5) is 40.9. The molecule has 0 aliphatic carbocycles. The van der Waals surface area contributed by atoms with Crippen LogP contribution in [0.5, 0.6) is 0 Å². The lowest BCUT2D eigenvalue weighted by Gasteiger charge is -2.23. The minimum atomic E-state index is -0.913. The van der Waals surface area contributed by atoms with E-state index in [1.165, 1.54) is 9.91 Å². The van der Waals surface area contributed by atoms with Gasteiger partial charge in [0.15, 0.2) is 12.1 Å². The van der Waals surface area contributed by atoms with Crippen LogP contribution in [0.25, 0.3) is 0 Å². The zero-order valence-corrected chi connectivity index (χ0v) is 15.5. The van der Waals surface area contributed by atoms with Crippen molar-refractivity contribution in [1.82, 2.24) is 5.01 Å². The minimum Gasteiger partial charge on any atom is -0.314 e. The first kappa shape index (κ1) is 17.8. The summed E-state index contributed by atoms with van der Waals surface area (Å²) >= 11 is 0. The molecule has 1 fully saturated rings. The summed E-state index contributed by atoms with van der Waals surface area (Å²) in [5, 5.41) is 9.19. The van der Waals surface area contributed by atoms with E-state index in [1.807, 2.05) is 49.4 Å². The van der Waals surface area contributed by atoms with Gasteiger partial charge < -0.3 is 4.90 Å². The second-order valence-electron chi connectivity index (χ2n) is 6.83. The molecular formula is C20H19N5O3.